The minimum absolute atomic E-state index is 0.273. The molecule has 4 heteroatoms. The van der Waals surface area contributed by atoms with Crippen LogP contribution in [0.25, 0.3) is 0 Å². The predicted molar refractivity (Wildman–Crippen MR) is 61.4 cm³/mol. The van der Waals surface area contributed by atoms with Crippen LogP contribution in [0.5, 0.6) is 0 Å². The first kappa shape index (κ1) is 11.9. The maximum atomic E-state index is 11.8. The van der Waals surface area contributed by atoms with Crippen LogP contribution in [0.2, 0.25) is 0 Å². The van der Waals surface area contributed by atoms with Gasteiger partial charge < -0.3 is 10.6 Å². The zero-order valence-corrected chi connectivity index (χ0v) is 9.85. The number of carbonyl (C=O) groups excluding carboxylic acids is 1. The first-order chi connectivity index (χ1) is 6.66. The van der Waals surface area contributed by atoms with Gasteiger partial charge in [0.1, 0.15) is 0 Å². The van der Waals surface area contributed by atoms with E-state index in [2.05, 4.69) is 13.8 Å². The fraction of sp³-hybridized carbons (Fsp3) is 0.900. The average Bonchev–Trinajstić information content (AvgIpc) is 2.18. The highest BCUT2D eigenvalue weighted by Crippen LogP contribution is 2.24. The normalized spacial score (nSPS) is 27.8. The van der Waals surface area contributed by atoms with Gasteiger partial charge >= 0.3 is 0 Å². The molecular weight excluding hydrogens is 196 g/mol. The molecule has 1 fully saturated rings. The van der Waals surface area contributed by atoms with Crippen LogP contribution in [0.15, 0.2) is 0 Å². The molecule has 0 radical (unpaired) electrons. The number of amides is 1. The average molecular weight is 216 g/mol. The standard InChI is InChI=1S/C10H20N2OS/c1-8-9(2)14-7-6-12(8)10(13)4-3-5-11/h8-9H,3-7,11H2,1-2H3. The molecule has 1 amide bonds. The second-order valence-electron chi connectivity index (χ2n) is 3.80. The van der Waals surface area contributed by atoms with Crippen molar-refractivity contribution in [1.82, 2.24) is 4.90 Å². The molecule has 0 aliphatic carbocycles. The van der Waals surface area contributed by atoms with Gasteiger partial charge in [0.05, 0.1) is 0 Å². The van der Waals surface area contributed by atoms with Crippen molar-refractivity contribution < 1.29 is 4.79 Å². The summed E-state index contributed by atoms with van der Waals surface area (Å²) in [5.41, 5.74) is 5.39. The number of hydrogen-bond acceptors (Lipinski definition) is 3. The van der Waals surface area contributed by atoms with Gasteiger partial charge in [0.2, 0.25) is 5.91 Å². The summed E-state index contributed by atoms with van der Waals surface area (Å²) in [7, 11) is 0. The van der Waals surface area contributed by atoms with Crippen molar-refractivity contribution in [2.24, 2.45) is 5.73 Å². The van der Waals surface area contributed by atoms with Gasteiger partial charge in [0.25, 0.3) is 0 Å². The summed E-state index contributed by atoms with van der Waals surface area (Å²) in [6.07, 6.45) is 1.42. The smallest absolute Gasteiger partial charge is 0.222 e. The third-order valence-electron chi connectivity index (χ3n) is 2.80. The first-order valence-electron chi connectivity index (χ1n) is 5.28. The quantitative estimate of drug-likeness (QED) is 0.768. The van der Waals surface area contributed by atoms with E-state index in [1.165, 1.54) is 0 Å². The van der Waals surface area contributed by atoms with Gasteiger partial charge in [0, 0.05) is 30.0 Å². The van der Waals surface area contributed by atoms with Crippen molar-refractivity contribution >= 4 is 17.7 Å². The highest BCUT2D eigenvalue weighted by Gasteiger charge is 2.27. The molecule has 0 aromatic carbocycles. The number of nitrogens with two attached hydrogens (primary N) is 1. The van der Waals surface area contributed by atoms with Crippen molar-refractivity contribution in [2.75, 3.05) is 18.8 Å². The van der Waals surface area contributed by atoms with Crippen LogP contribution in [0.1, 0.15) is 26.7 Å². The predicted octanol–water partition coefficient (Wildman–Crippen LogP) is 1.08. The monoisotopic (exact) mass is 216 g/mol. The summed E-state index contributed by atoms with van der Waals surface area (Å²) in [5.74, 6) is 1.34. The van der Waals surface area contributed by atoms with Crippen LogP contribution in [0.4, 0.5) is 0 Å². The topological polar surface area (TPSA) is 46.3 Å². The fourth-order valence-corrected chi connectivity index (χ4v) is 2.78. The van der Waals surface area contributed by atoms with Gasteiger partial charge in [-0.1, -0.05) is 6.92 Å². The SMILES string of the molecule is CC1SCCN(C(=O)CCCN)C1C. The van der Waals surface area contributed by atoms with Crippen molar-refractivity contribution in [3.05, 3.63) is 0 Å². The third kappa shape index (κ3) is 2.89. The molecule has 1 aliphatic heterocycles. The molecule has 3 nitrogen and oxygen atoms in total. The highest BCUT2D eigenvalue weighted by molar-refractivity contribution is 8.00. The number of rotatable bonds is 3. The second kappa shape index (κ2) is 5.61. The summed E-state index contributed by atoms with van der Waals surface area (Å²) >= 11 is 1.95. The number of hydrogen-bond donors (Lipinski definition) is 1. The molecule has 1 saturated heterocycles. The summed E-state index contributed by atoms with van der Waals surface area (Å²) in [5, 5.41) is 0.561. The van der Waals surface area contributed by atoms with Crippen LogP contribution in [-0.2, 0) is 4.79 Å². The maximum Gasteiger partial charge on any atom is 0.222 e. The largest absolute Gasteiger partial charge is 0.338 e. The van der Waals surface area contributed by atoms with Gasteiger partial charge in [-0.25, -0.2) is 0 Å². The molecule has 1 heterocycles. The molecule has 82 valence electrons. The Kier molecular flexibility index (Phi) is 4.75. The summed E-state index contributed by atoms with van der Waals surface area (Å²) < 4.78 is 0. The third-order valence-corrected chi connectivity index (χ3v) is 4.14. The van der Waals surface area contributed by atoms with E-state index in [1.807, 2.05) is 16.7 Å². The minimum Gasteiger partial charge on any atom is -0.338 e. The lowest BCUT2D eigenvalue weighted by Crippen LogP contribution is -2.47. The molecule has 1 rings (SSSR count). The lowest BCUT2D eigenvalue weighted by atomic mass is 10.1. The van der Waals surface area contributed by atoms with E-state index < -0.39 is 0 Å². The molecule has 14 heavy (non-hydrogen) atoms. The molecule has 0 aromatic heterocycles. The van der Waals surface area contributed by atoms with E-state index >= 15 is 0 Å². The fourth-order valence-electron chi connectivity index (χ4n) is 1.68. The zero-order valence-electron chi connectivity index (χ0n) is 9.03. The van der Waals surface area contributed by atoms with Crippen molar-refractivity contribution in [3.63, 3.8) is 0 Å². The highest BCUT2D eigenvalue weighted by atomic mass is 32.2. The molecular formula is C10H20N2OS. The Morgan fingerprint density at radius 2 is 2.29 bits per heavy atom. The van der Waals surface area contributed by atoms with E-state index in [1.54, 1.807) is 0 Å². The van der Waals surface area contributed by atoms with Crippen LogP contribution >= 0.6 is 11.8 Å². The molecule has 0 bridgehead atoms. The molecule has 0 aromatic rings. The Balaban J connectivity index is 2.44. The van der Waals surface area contributed by atoms with E-state index in [4.69, 9.17) is 5.73 Å². The van der Waals surface area contributed by atoms with Crippen LogP contribution in [-0.4, -0.2) is 40.9 Å². The van der Waals surface area contributed by atoms with Gasteiger partial charge in [-0.3, -0.25) is 4.79 Å². The Morgan fingerprint density at radius 3 is 2.93 bits per heavy atom. The molecule has 0 spiro atoms. The Labute approximate surface area is 90.4 Å². The zero-order chi connectivity index (χ0) is 10.6. The first-order valence-corrected chi connectivity index (χ1v) is 6.33. The van der Waals surface area contributed by atoms with Gasteiger partial charge in [0.15, 0.2) is 0 Å². The van der Waals surface area contributed by atoms with Crippen molar-refractivity contribution in [2.45, 2.75) is 38.0 Å². The van der Waals surface area contributed by atoms with Crippen LogP contribution in [0.3, 0.4) is 0 Å². The summed E-state index contributed by atoms with van der Waals surface area (Å²) in [6, 6.07) is 0.374. The number of thioether (sulfide) groups is 1. The Hall–Kier alpha value is -0.220. The number of nitrogens with zero attached hydrogens (tertiary/aromatic N) is 1. The Bertz CT molecular complexity index is 199. The molecule has 2 atom stereocenters. The van der Waals surface area contributed by atoms with E-state index in [0.717, 1.165) is 18.7 Å². The Morgan fingerprint density at radius 1 is 1.57 bits per heavy atom. The lowest BCUT2D eigenvalue weighted by molar-refractivity contribution is -0.133. The summed E-state index contributed by atoms with van der Waals surface area (Å²) in [4.78, 5) is 13.8. The van der Waals surface area contributed by atoms with Crippen LogP contribution in [0, 0.1) is 0 Å². The van der Waals surface area contributed by atoms with Gasteiger partial charge in [-0.2, -0.15) is 11.8 Å². The van der Waals surface area contributed by atoms with Gasteiger partial charge in [-0.05, 0) is 19.9 Å². The molecule has 2 N–H and O–H groups in total. The van der Waals surface area contributed by atoms with Crippen molar-refractivity contribution in [1.29, 1.82) is 0 Å². The van der Waals surface area contributed by atoms with Crippen molar-refractivity contribution in [3.8, 4) is 0 Å². The molecule has 0 saturated carbocycles. The molecule has 2 unspecified atom stereocenters. The van der Waals surface area contributed by atoms with E-state index in [-0.39, 0.29) is 5.91 Å². The lowest BCUT2D eigenvalue weighted by Gasteiger charge is -2.37. The summed E-state index contributed by atoms with van der Waals surface area (Å²) in [6.45, 7) is 5.84. The van der Waals surface area contributed by atoms with Gasteiger partial charge in [-0.15, -0.1) is 0 Å². The second-order valence-corrected chi connectivity index (χ2v) is 5.28. The molecule has 1 aliphatic rings. The minimum atomic E-state index is 0.273. The number of carbonyl (C=O) groups is 1. The van der Waals surface area contributed by atoms with E-state index in [0.29, 0.717) is 24.3 Å². The van der Waals surface area contributed by atoms with Crippen LogP contribution < -0.4 is 5.73 Å². The maximum absolute atomic E-state index is 11.8. The van der Waals surface area contributed by atoms with E-state index in [9.17, 15) is 4.79 Å².